The lowest BCUT2D eigenvalue weighted by atomic mass is 9.91. The van der Waals surface area contributed by atoms with Crippen LogP contribution in [0.3, 0.4) is 0 Å². The maximum absolute atomic E-state index is 7.26. The van der Waals surface area contributed by atoms with E-state index in [-0.39, 0.29) is 11.4 Å². The number of nitrogens with two attached hydrogens (primary N) is 1. The van der Waals surface area contributed by atoms with Crippen molar-refractivity contribution in [2.24, 2.45) is 11.1 Å². The van der Waals surface area contributed by atoms with E-state index < -0.39 is 0 Å². The number of guanidine groups is 1. The van der Waals surface area contributed by atoms with Crippen LogP contribution in [0.4, 0.5) is 0 Å². The van der Waals surface area contributed by atoms with E-state index in [0.717, 1.165) is 26.1 Å². The fourth-order valence-electron chi connectivity index (χ4n) is 1.70. The Morgan fingerprint density at radius 2 is 2.42 bits per heavy atom. The van der Waals surface area contributed by atoms with Gasteiger partial charge in [0.2, 0.25) is 0 Å². The lowest BCUT2D eigenvalue weighted by Crippen LogP contribution is -2.36. The normalized spacial score (nSPS) is 29.3. The molecular weight excluding hydrogens is 154 g/mol. The fraction of sp³-hybridized carbons (Fsp3) is 0.875. The van der Waals surface area contributed by atoms with Gasteiger partial charge in [0, 0.05) is 25.6 Å². The standard InChI is InChI=1S/C8H17N3O/c1-8(6-12-2)3-4-11(5-8)7(9)10/h3-6H2,1-2H3,(H3,9,10). The minimum atomic E-state index is 0.176. The van der Waals surface area contributed by atoms with E-state index in [1.165, 1.54) is 0 Å². The van der Waals surface area contributed by atoms with Crippen molar-refractivity contribution >= 4 is 5.96 Å². The maximum Gasteiger partial charge on any atom is 0.188 e. The summed E-state index contributed by atoms with van der Waals surface area (Å²) in [7, 11) is 1.71. The average Bonchev–Trinajstić information content (AvgIpc) is 2.33. The molecule has 1 saturated heterocycles. The van der Waals surface area contributed by atoms with Crippen molar-refractivity contribution in [2.45, 2.75) is 13.3 Å². The Hall–Kier alpha value is -0.770. The molecule has 0 aromatic carbocycles. The smallest absolute Gasteiger partial charge is 0.188 e. The summed E-state index contributed by atoms with van der Waals surface area (Å²) in [5.74, 6) is 0.176. The first-order valence-corrected chi connectivity index (χ1v) is 4.15. The van der Waals surface area contributed by atoms with Crippen LogP contribution in [0.5, 0.6) is 0 Å². The zero-order valence-corrected chi connectivity index (χ0v) is 7.76. The number of hydrogen-bond donors (Lipinski definition) is 2. The van der Waals surface area contributed by atoms with Gasteiger partial charge < -0.3 is 15.4 Å². The second-order valence-corrected chi connectivity index (χ2v) is 3.80. The highest BCUT2D eigenvalue weighted by Crippen LogP contribution is 2.29. The van der Waals surface area contributed by atoms with Gasteiger partial charge in [0.05, 0.1) is 6.61 Å². The number of nitrogens with zero attached hydrogens (tertiary/aromatic N) is 1. The molecule has 1 aliphatic rings. The highest BCUT2D eigenvalue weighted by Gasteiger charge is 2.34. The Labute approximate surface area is 73.2 Å². The molecule has 0 spiro atoms. The molecule has 0 aromatic heterocycles. The quantitative estimate of drug-likeness (QED) is 0.462. The number of likely N-dealkylation sites (tertiary alicyclic amines) is 1. The van der Waals surface area contributed by atoms with Crippen LogP contribution >= 0.6 is 0 Å². The predicted molar refractivity (Wildman–Crippen MR) is 48.1 cm³/mol. The summed E-state index contributed by atoms with van der Waals surface area (Å²) in [4.78, 5) is 1.89. The van der Waals surface area contributed by atoms with Crippen LogP contribution in [0.1, 0.15) is 13.3 Å². The number of nitrogens with one attached hydrogen (secondary N) is 1. The van der Waals surface area contributed by atoms with Crippen molar-refractivity contribution in [1.82, 2.24) is 4.90 Å². The summed E-state index contributed by atoms with van der Waals surface area (Å²) in [6, 6.07) is 0. The van der Waals surface area contributed by atoms with Gasteiger partial charge >= 0.3 is 0 Å². The van der Waals surface area contributed by atoms with Gasteiger partial charge in [-0.15, -0.1) is 0 Å². The van der Waals surface area contributed by atoms with Crippen LogP contribution in [0.15, 0.2) is 0 Å². The molecule has 1 unspecified atom stereocenters. The van der Waals surface area contributed by atoms with E-state index in [4.69, 9.17) is 15.9 Å². The zero-order chi connectivity index (χ0) is 9.19. The molecule has 4 nitrogen and oxygen atoms in total. The lowest BCUT2D eigenvalue weighted by molar-refractivity contribution is 0.101. The van der Waals surface area contributed by atoms with Crippen LogP contribution in [0.25, 0.3) is 0 Å². The predicted octanol–water partition coefficient (Wildman–Crippen LogP) is 0.238. The molecule has 1 fully saturated rings. The van der Waals surface area contributed by atoms with E-state index in [1.54, 1.807) is 7.11 Å². The Bertz CT molecular complexity index is 183. The first-order valence-electron chi connectivity index (χ1n) is 4.15. The molecule has 1 heterocycles. The van der Waals surface area contributed by atoms with Gasteiger partial charge in [-0.2, -0.15) is 0 Å². The van der Waals surface area contributed by atoms with Gasteiger partial charge in [-0.1, -0.05) is 6.92 Å². The first-order chi connectivity index (χ1) is 5.57. The number of rotatable bonds is 2. The van der Waals surface area contributed by atoms with Crippen molar-refractivity contribution in [1.29, 1.82) is 5.41 Å². The summed E-state index contributed by atoms with van der Waals surface area (Å²) >= 11 is 0. The molecule has 0 radical (unpaired) electrons. The number of methoxy groups -OCH3 is 1. The van der Waals surface area contributed by atoms with Gasteiger partial charge in [0.25, 0.3) is 0 Å². The second kappa shape index (κ2) is 3.31. The zero-order valence-electron chi connectivity index (χ0n) is 7.76. The molecule has 0 amide bonds. The van der Waals surface area contributed by atoms with Crippen molar-refractivity contribution in [3.05, 3.63) is 0 Å². The molecule has 12 heavy (non-hydrogen) atoms. The summed E-state index contributed by atoms with van der Waals surface area (Å²) in [5.41, 5.74) is 5.56. The summed E-state index contributed by atoms with van der Waals surface area (Å²) < 4.78 is 5.12. The monoisotopic (exact) mass is 171 g/mol. The van der Waals surface area contributed by atoms with E-state index in [2.05, 4.69) is 6.92 Å². The van der Waals surface area contributed by atoms with E-state index in [9.17, 15) is 0 Å². The van der Waals surface area contributed by atoms with Gasteiger partial charge in [0.1, 0.15) is 0 Å². The molecule has 0 aliphatic carbocycles. The topological polar surface area (TPSA) is 62.3 Å². The maximum atomic E-state index is 7.26. The molecule has 70 valence electrons. The third-order valence-corrected chi connectivity index (χ3v) is 2.39. The van der Waals surface area contributed by atoms with Crippen LogP contribution in [0.2, 0.25) is 0 Å². The van der Waals surface area contributed by atoms with Crippen molar-refractivity contribution < 1.29 is 4.74 Å². The van der Waals surface area contributed by atoms with Crippen LogP contribution < -0.4 is 5.73 Å². The average molecular weight is 171 g/mol. The number of hydrogen-bond acceptors (Lipinski definition) is 2. The van der Waals surface area contributed by atoms with E-state index in [1.807, 2.05) is 4.90 Å². The SMILES string of the molecule is COCC1(C)CCN(C(=N)N)C1. The van der Waals surface area contributed by atoms with Crippen LogP contribution in [-0.4, -0.2) is 37.7 Å². The summed E-state index contributed by atoms with van der Waals surface area (Å²) in [5, 5.41) is 7.26. The highest BCUT2D eigenvalue weighted by atomic mass is 16.5. The van der Waals surface area contributed by atoms with Gasteiger partial charge in [-0.05, 0) is 6.42 Å². The van der Waals surface area contributed by atoms with E-state index in [0.29, 0.717) is 0 Å². The largest absolute Gasteiger partial charge is 0.384 e. The summed E-state index contributed by atoms with van der Waals surface area (Å²) in [6.45, 7) is 4.64. The molecule has 1 rings (SSSR count). The number of ether oxygens (including phenoxy) is 1. The summed E-state index contributed by atoms with van der Waals surface area (Å²) in [6.07, 6.45) is 1.06. The Morgan fingerprint density at radius 3 is 2.83 bits per heavy atom. The molecule has 1 atom stereocenters. The highest BCUT2D eigenvalue weighted by molar-refractivity contribution is 5.74. The second-order valence-electron chi connectivity index (χ2n) is 3.80. The Kier molecular flexibility index (Phi) is 2.57. The van der Waals surface area contributed by atoms with Gasteiger partial charge in [-0.25, -0.2) is 0 Å². The van der Waals surface area contributed by atoms with Crippen LogP contribution in [-0.2, 0) is 4.74 Å². The first kappa shape index (κ1) is 9.32. The molecule has 0 bridgehead atoms. The van der Waals surface area contributed by atoms with Gasteiger partial charge in [0.15, 0.2) is 5.96 Å². The molecule has 4 heteroatoms. The fourth-order valence-corrected chi connectivity index (χ4v) is 1.70. The minimum Gasteiger partial charge on any atom is -0.384 e. The molecule has 0 saturated carbocycles. The molecule has 0 aromatic rings. The lowest BCUT2D eigenvalue weighted by Gasteiger charge is -2.23. The molecular formula is C8H17N3O. The third kappa shape index (κ3) is 1.88. The Balaban J connectivity index is 2.48. The van der Waals surface area contributed by atoms with Crippen molar-refractivity contribution in [3.63, 3.8) is 0 Å². The minimum absolute atomic E-state index is 0.176. The van der Waals surface area contributed by atoms with Crippen molar-refractivity contribution in [2.75, 3.05) is 26.8 Å². The van der Waals surface area contributed by atoms with Crippen LogP contribution in [0, 0.1) is 10.8 Å². The molecule has 3 N–H and O–H groups in total. The van der Waals surface area contributed by atoms with Gasteiger partial charge in [-0.3, -0.25) is 5.41 Å². The Morgan fingerprint density at radius 1 is 1.75 bits per heavy atom. The van der Waals surface area contributed by atoms with Crippen molar-refractivity contribution in [3.8, 4) is 0 Å². The third-order valence-electron chi connectivity index (χ3n) is 2.39. The molecule has 1 aliphatic heterocycles. The van der Waals surface area contributed by atoms with E-state index >= 15 is 0 Å².